The van der Waals surface area contributed by atoms with E-state index in [-0.39, 0.29) is 12.5 Å². The van der Waals surface area contributed by atoms with Gasteiger partial charge in [0.25, 0.3) is 5.91 Å². The lowest BCUT2D eigenvalue weighted by Gasteiger charge is -2.41. The molecule has 1 aliphatic heterocycles. The monoisotopic (exact) mass is 341 g/mol. The van der Waals surface area contributed by atoms with Crippen LogP contribution in [0.25, 0.3) is 0 Å². The minimum absolute atomic E-state index is 0.144. The molecule has 7 heteroatoms. The molecule has 2 aromatic rings. The molecular formula is C18H23N5O2. The smallest absolute Gasteiger partial charge is 0.255 e. The van der Waals surface area contributed by atoms with E-state index in [1.54, 1.807) is 42.7 Å². The van der Waals surface area contributed by atoms with E-state index in [1.165, 1.54) is 0 Å². The molecule has 25 heavy (non-hydrogen) atoms. The van der Waals surface area contributed by atoms with Gasteiger partial charge in [0.1, 0.15) is 0 Å². The van der Waals surface area contributed by atoms with E-state index in [1.807, 2.05) is 17.9 Å². The lowest BCUT2D eigenvalue weighted by molar-refractivity contribution is -0.000308. The van der Waals surface area contributed by atoms with Gasteiger partial charge >= 0.3 is 0 Å². The Morgan fingerprint density at radius 1 is 1.32 bits per heavy atom. The summed E-state index contributed by atoms with van der Waals surface area (Å²) in [7, 11) is 1.71. The molecule has 3 rings (SSSR count). The number of pyridine rings is 1. The van der Waals surface area contributed by atoms with Gasteiger partial charge in [-0.2, -0.15) is 0 Å². The zero-order valence-electron chi connectivity index (χ0n) is 14.6. The number of likely N-dealkylation sites (N-methyl/N-ethyl adjacent to an activating group) is 1. The number of amides is 1. The van der Waals surface area contributed by atoms with Gasteiger partial charge in [0.15, 0.2) is 0 Å². The summed E-state index contributed by atoms with van der Waals surface area (Å²) in [4.78, 5) is 28.8. The minimum atomic E-state index is -0.986. The maximum atomic E-state index is 12.6. The third-order valence-corrected chi connectivity index (χ3v) is 4.43. The molecular weight excluding hydrogens is 318 g/mol. The number of β-amino-alcohol motifs (C(OH)–C–C–N with tert-alkyl or cyclic N) is 1. The van der Waals surface area contributed by atoms with Crippen molar-refractivity contribution < 1.29 is 9.90 Å². The van der Waals surface area contributed by atoms with Crippen molar-refractivity contribution >= 4 is 11.9 Å². The summed E-state index contributed by atoms with van der Waals surface area (Å²) in [6.07, 6.45) is 6.41. The number of nitrogens with zero attached hydrogens (tertiary/aromatic N) is 5. The van der Waals surface area contributed by atoms with Crippen LogP contribution in [-0.2, 0) is 0 Å². The Morgan fingerprint density at radius 2 is 2.08 bits per heavy atom. The number of hydrogen-bond acceptors (Lipinski definition) is 6. The average molecular weight is 341 g/mol. The van der Waals surface area contributed by atoms with Crippen molar-refractivity contribution in [3.05, 3.63) is 48.0 Å². The molecule has 1 atom stereocenters. The SMILES string of the molecule is Cc1ccc(C(=O)N(C)CC2(O)CCCN(c3ncccn3)C2)cn1. The quantitative estimate of drug-likeness (QED) is 0.902. The molecule has 1 amide bonds. The van der Waals surface area contributed by atoms with Crippen LogP contribution in [-0.4, -0.2) is 63.1 Å². The third kappa shape index (κ3) is 4.11. The molecule has 0 saturated carbocycles. The summed E-state index contributed by atoms with van der Waals surface area (Å²) in [5.74, 6) is 0.464. The standard InChI is InChI=1S/C18H23N5O2/c1-14-5-6-15(11-21-14)16(24)22(2)12-18(25)7-3-10-23(13-18)17-19-8-4-9-20-17/h4-6,8-9,11,25H,3,7,10,12-13H2,1-2H3. The maximum Gasteiger partial charge on any atom is 0.255 e. The number of anilines is 1. The van der Waals surface area contributed by atoms with Gasteiger partial charge in [-0.25, -0.2) is 9.97 Å². The third-order valence-electron chi connectivity index (χ3n) is 4.43. The van der Waals surface area contributed by atoms with E-state index in [9.17, 15) is 9.90 Å². The molecule has 1 aliphatic rings. The van der Waals surface area contributed by atoms with Crippen LogP contribution < -0.4 is 4.90 Å². The normalized spacial score (nSPS) is 20.4. The Kier molecular flexibility index (Phi) is 4.94. The van der Waals surface area contributed by atoms with Gasteiger partial charge in [0.05, 0.1) is 24.3 Å². The minimum Gasteiger partial charge on any atom is -0.386 e. The largest absolute Gasteiger partial charge is 0.386 e. The van der Waals surface area contributed by atoms with Gasteiger partial charge in [-0.15, -0.1) is 0 Å². The lowest BCUT2D eigenvalue weighted by atomic mass is 9.92. The summed E-state index contributed by atoms with van der Waals surface area (Å²) in [6.45, 7) is 3.33. The molecule has 0 bridgehead atoms. The summed E-state index contributed by atoms with van der Waals surface area (Å²) in [5, 5.41) is 11.0. The first-order valence-electron chi connectivity index (χ1n) is 8.39. The molecule has 1 saturated heterocycles. The van der Waals surface area contributed by atoms with E-state index in [4.69, 9.17) is 0 Å². The van der Waals surface area contributed by atoms with Gasteiger partial charge in [0.2, 0.25) is 5.95 Å². The Morgan fingerprint density at radius 3 is 2.76 bits per heavy atom. The number of aromatic nitrogens is 3. The van der Waals surface area contributed by atoms with Crippen molar-refractivity contribution in [3.63, 3.8) is 0 Å². The van der Waals surface area contributed by atoms with Crippen molar-refractivity contribution in [2.45, 2.75) is 25.4 Å². The first-order chi connectivity index (χ1) is 12.0. The molecule has 3 heterocycles. The number of hydrogen-bond donors (Lipinski definition) is 1. The van der Waals surface area contributed by atoms with E-state index in [2.05, 4.69) is 15.0 Å². The molecule has 1 fully saturated rings. The van der Waals surface area contributed by atoms with Crippen LogP contribution in [0.1, 0.15) is 28.9 Å². The Bertz CT molecular complexity index is 722. The fraction of sp³-hybridized carbons (Fsp3) is 0.444. The Hall–Kier alpha value is -2.54. The molecule has 0 aliphatic carbocycles. The Labute approximate surface area is 147 Å². The van der Waals surface area contributed by atoms with Crippen LogP contribution in [0.15, 0.2) is 36.8 Å². The second kappa shape index (κ2) is 7.14. The molecule has 0 aromatic carbocycles. The van der Waals surface area contributed by atoms with Crippen LogP contribution >= 0.6 is 0 Å². The first-order valence-corrected chi connectivity index (χ1v) is 8.39. The van der Waals surface area contributed by atoms with Crippen LogP contribution in [0.5, 0.6) is 0 Å². The van der Waals surface area contributed by atoms with Crippen molar-refractivity contribution in [2.24, 2.45) is 0 Å². The first kappa shape index (κ1) is 17.3. The van der Waals surface area contributed by atoms with Gasteiger partial charge in [0, 0.05) is 37.9 Å². The van der Waals surface area contributed by atoms with Crippen molar-refractivity contribution in [1.29, 1.82) is 0 Å². The van der Waals surface area contributed by atoms with Crippen LogP contribution in [0.3, 0.4) is 0 Å². The zero-order chi connectivity index (χ0) is 17.9. The topological polar surface area (TPSA) is 82.5 Å². The fourth-order valence-electron chi connectivity index (χ4n) is 3.19. The summed E-state index contributed by atoms with van der Waals surface area (Å²) in [5.41, 5.74) is 0.402. The number of aliphatic hydroxyl groups is 1. The van der Waals surface area contributed by atoms with Crippen LogP contribution in [0.4, 0.5) is 5.95 Å². The zero-order valence-corrected chi connectivity index (χ0v) is 14.6. The predicted octanol–water partition coefficient (Wildman–Crippen LogP) is 1.28. The molecule has 1 unspecified atom stereocenters. The highest BCUT2D eigenvalue weighted by molar-refractivity contribution is 5.93. The summed E-state index contributed by atoms with van der Waals surface area (Å²) >= 11 is 0. The summed E-state index contributed by atoms with van der Waals surface area (Å²) in [6, 6.07) is 5.34. The van der Waals surface area contributed by atoms with Crippen LogP contribution in [0, 0.1) is 6.92 Å². The van der Waals surface area contributed by atoms with E-state index < -0.39 is 5.60 Å². The van der Waals surface area contributed by atoms with Crippen molar-refractivity contribution in [1.82, 2.24) is 19.9 Å². The van der Waals surface area contributed by atoms with Crippen LogP contribution in [0.2, 0.25) is 0 Å². The van der Waals surface area contributed by atoms with E-state index in [0.717, 1.165) is 18.7 Å². The highest BCUT2D eigenvalue weighted by Crippen LogP contribution is 2.25. The fourth-order valence-corrected chi connectivity index (χ4v) is 3.19. The van der Waals surface area contributed by atoms with Gasteiger partial charge < -0.3 is 14.9 Å². The van der Waals surface area contributed by atoms with Crippen molar-refractivity contribution in [2.75, 3.05) is 31.6 Å². The number of carbonyl (C=O) groups is 1. The number of piperidine rings is 1. The second-order valence-corrected chi connectivity index (χ2v) is 6.65. The van der Waals surface area contributed by atoms with Gasteiger partial charge in [-0.1, -0.05) is 0 Å². The van der Waals surface area contributed by atoms with Gasteiger partial charge in [-0.3, -0.25) is 9.78 Å². The van der Waals surface area contributed by atoms with Crippen molar-refractivity contribution in [3.8, 4) is 0 Å². The van der Waals surface area contributed by atoms with E-state index in [0.29, 0.717) is 24.5 Å². The lowest BCUT2D eigenvalue weighted by Crippen LogP contribution is -2.55. The number of aryl methyl sites for hydroxylation is 1. The predicted molar refractivity (Wildman–Crippen MR) is 94.4 cm³/mol. The van der Waals surface area contributed by atoms with E-state index >= 15 is 0 Å². The number of carbonyl (C=O) groups excluding carboxylic acids is 1. The molecule has 2 aromatic heterocycles. The molecule has 0 radical (unpaired) electrons. The number of rotatable bonds is 4. The average Bonchev–Trinajstić information content (AvgIpc) is 2.62. The highest BCUT2D eigenvalue weighted by Gasteiger charge is 2.36. The summed E-state index contributed by atoms with van der Waals surface area (Å²) < 4.78 is 0. The molecule has 0 spiro atoms. The Balaban J connectivity index is 1.68. The molecule has 132 valence electrons. The highest BCUT2D eigenvalue weighted by atomic mass is 16.3. The molecule has 1 N–H and O–H groups in total. The van der Waals surface area contributed by atoms with Gasteiger partial charge in [-0.05, 0) is 38.0 Å². The maximum absolute atomic E-state index is 12.6. The molecule has 7 nitrogen and oxygen atoms in total. The second-order valence-electron chi connectivity index (χ2n) is 6.65.